The van der Waals surface area contributed by atoms with Gasteiger partial charge in [0.1, 0.15) is 15.7 Å². The van der Waals surface area contributed by atoms with E-state index in [9.17, 15) is 4.79 Å². The number of aromatic nitrogens is 4. The van der Waals surface area contributed by atoms with Crippen LogP contribution in [0.1, 0.15) is 29.1 Å². The number of hydrogen-bond acceptors (Lipinski definition) is 9. The number of carbonyl (C=O) groups is 1. The minimum absolute atomic E-state index is 0.0364. The fourth-order valence-electron chi connectivity index (χ4n) is 4.45. The van der Waals surface area contributed by atoms with Crippen LogP contribution in [0.2, 0.25) is 0 Å². The summed E-state index contributed by atoms with van der Waals surface area (Å²) in [6, 6.07) is 17.4. The molecule has 0 spiro atoms. The first-order chi connectivity index (χ1) is 18.6. The molecule has 1 amide bonds. The molecule has 0 unspecified atom stereocenters. The number of hydrogen-bond donors (Lipinski definition) is 4. The molecule has 0 saturated heterocycles. The zero-order valence-corrected chi connectivity index (χ0v) is 22.7. The molecule has 1 aliphatic carbocycles. The Morgan fingerprint density at radius 3 is 2.74 bits per heavy atom. The molecular formula is C25H25N9OS3. The Balaban J connectivity index is 1.27. The number of aromatic amines is 1. The third kappa shape index (κ3) is 4.85. The predicted octanol–water partition coefficient (Wildman–Crippen LogP) is 4.33. The van der Waals surface area contributed by atoms with Gasteiger partial charge in [-0.2, -0.15) is 5.10 Å². The maximum Gasteiger partial charge on any atom is 0.238 e. The van der Waals surface area contributed by atoms with Gasteiger partial charge in [0.2, 0.25) is 11.1 Å². The molecule has 5 aromatic rings. The SMILES string of the molecule is N/N=C(/Sc1nc(CC(=O)NSn2[nH]c3ccccc32)nc2sc3c(c12)CCCC3)N(N)c1ccccc1. The first-order valence-electron chi connectivity index (χ1n) is 12.1. The lowest BCUT2D eigenvalue weighted by Crippen LogP contribution is -2.36. The summed E-state index contributed by atoms with van der Waals surface area (Å²) < 4.78 is 4.67. The summed E-state index contributed by atoms with van der Waals surface area (Å²) in [5, 5.41) is 10.7. The van der Waals surface area contributed by atoms with Crippen molar-refractivity contribution in [3.05, 3.63) is 70.9 Å². The van der Waals surface area contributed by atoms with Crippen LogP contribution in [0.3, 0.4) is 0 Å². The topological polar surface area (TPSA) is 143 Å². The monoisotopic (exact) mass is 563 g/mol. The molecule has 0 fully saturated rings. The number of fused-ring (bicyclic) bond motifs is 4. The number of hydrazine groups is 1. The number of aryl methyl sites for hydroxylation is 2. The van der Waals surface area contributed by atoms with Crippen molar-refractivity contribution in [1.82, 2.24) is 23.9 Å². The van der Waals surface area contributed by atoms with E-state index in [0.717, 1.165) is 52.6 Å². The molecule has 194 valence electrons. The molecule has 0 bridgehead atoms. The second-order valence-corrected chi connectivity index (χ2v) is 11.6. The first-order valence-corrected chi connectivity index (χ1v) is 14.5. The van der Waals surface area contributed by atoms with Crippen molar-refractivity contribution in [3.63, 3.8) is 0 Å². The van der Waals surface area contributed by atoms with Gasteiger partial charge in [-0.1, -0.05) is 30.3 Å². The van der Waals surface area contributed by atoms with Gasteiger partial charge in [0.05, 0.1) is 35.3 Å². The highest BCUT2D eigenvalue weighted by Gasteiger charge is 2.24. The third-order valence-electron chi connectivity index (χ3n) is 6.28. The summed E-state index contributed by atoms with van der Waals surface area (Å²) in [5.74, 6) is 12.4. The number of para-hydroxylation sites is 3. The highest BCUT2D eigenvalue weighted by Crippen LogP contribution is 2.40. The van der Waals surface area contributed by atoms with Gasteiger partial charge in [-0.15, -0.1) is 11.3 Å². The Labute approximate surface area is 231 Å². The standard InChI is InChI=1S/C25H25N9OS3/c26-30-25(33(27)15-8-2-1-3-9-15)37-24-22-16-10-4-7-13-19(16)36-23(22)28-20(29-24)14-21(35)32-38-34-18-12-6-5-11-17(18)31-34/h1-3,5-6,8-9,11-12,31H,4,7,10,13-14,26-27H2,(H,32,35)/b30-25+. The molecule has 0 aliphatic heterocycles. The minimum Gasteiger partial charge on any atom is -0.321 e. The number of amides is 1. The zero-order valence-electron chi connectivity index (χ0n) is 20.3. The fraction of sp³-hybridized carbons (Fsp3) is 0.200. The van der Waals surface area contributed by atoms with Crippen molar-refractivity contribution in [2.24, 2.45) is 16.8 Å². The summed E-state index contributed by atoms with van der Waals surface area (Å²) in [7, 11) is 0. The number of nitrogens with zero attached hydrogens (tertiary/aromatic N) is 5. The molecule has 38 heavy (non-hydrogen) atoms. The van der Waals surface area contributed by atoms with Crippen molar-refractivity contribution in [2.75, 3.05) is 5.01 Å². The van der Waals surface area contributed by atoms with Gasteiger partial charge in [-0.25, -0.2) is 19.9 Å². The number of amidine groups is 1. The number of benzene rings is 2. The number of hydrazone groups is 1. The van der Waals surface area contributed by atoms with Crippen molar-refractivity contribution in [2.45, 2.75) is 37.1 Å². The Morgan fingerprint density at radius 2 is 1.92 bits per heavy atom. The second kappa shape index (κ2) is 10.7. The number of thioether (sulfide) groups is 1. The van der Waals surface area contributed by atoms with E-state index in [1.54, 1.807) is 15.4 Å². The molecule has 6 rings (SSSR count). The Hall–Kier alpha value is -3.52. The molecule has 0 radical (unpaired) electrons. The van der Waals surface area contributed by atoms with Crippen LogP contribution in [0.25, 0.3) is 21.3 Å². The Kier molecular flexibility index (Phi) is 6.98. The summed E-state index contributed by atoms with van der Waals surface area (Å²) in [6.45, 7) is 0. The molecule has 13 heteroatoms. The van der Waals surface area contributed by atoms with Gasteiger partial charge >= 0.3 is 0 Å². The lowest BCUT2D eigenvalue weighted by atomic mass is 9.97. The second-order valence-electron chi connectivity index (χ2n) is 8.77. The van der Waals surface area contributed by atoms with Gasteiger partial charge in [0.25, 0.3) is 0 Å². The smallest absolute Gasteiger partial charge is 0.238 e. The van der Waals surface area contributed by atoms with E-state index in [1.807, 2.05) is 54.6 Å². The zero-order chi connectivity index (χ0) is 26.1. The first kappa shape index (κ1) is 24.8. The molecule has 0 atom stereocenters. The van der Waals surface area contributed by atoms with Crippen LogP contribution in [0.5, 0.6) is 0 Å². The van der Waals surface area contributed by atoms with Crippen LogP contribution in [0, 0.1) is 0 Å². The number of H-pyrrole nitrogens is 1. The summed E-state index contributed by atoms with van der Waals surface area (Å²) in [4.78, 5) is 24.7. The lowest BCUT2D eigenvalue weighted by Gasteiger charge is -2.19. The van der Waals surface area contributed by atoms with Crippen molar-refractivity contribution >= 4 is 73.2 Å². The van der Waals surface area contributed by atoms with Gasteiger partial charge in [-0.3, -0.25) is 19.6 Å². The van der Waals surface area contributed by atoms with Crippen molar-refractivity contribution in [3.8, 4) is 0 Å². The molecule has 1 aliphatic rings. The average Bonchev–Trinajstić information content (AvgIpc) is 3.31. The van der Waals surface area contributed by atoms with Crippen LogP contribution >= 0.6 is 35.2 Å². The molecule has 10 nitrogen and oxygen atoms in total. The summed E-state index contributed by atoms with van der Waals surface area (Å²) in [6.07, 6.45) is 4.34. The minimum atomic E-state index is -0.199. The Bertz CT molecular complexity index is 1640. The van der Waals surface area contributed by atoms with Gasteiger partial charge in [0.15, 0.2) is 0 Å². The van der Waals surface area contributed by atoms with E-state index in [2.05, 4.69) is 14.9 Å². The maximum atomic E-state index is 12.8. The van der Waals surface area contributed by atoms with E-state index >= 15 is 0 Å². The van der Waals surface area contributed by atoms with Crippen molar-refractivity contribution < 1.29 is 4.79 Å². The Morgan fingerprint density at radius 1 is 1.13 bits per heavy atom. The van der Waals surface area contributed by atoms with E-state index < -0.39 is 0 Å². The molecule has 3 heterocycles. The van der Waals surface area contributed by atoms with E-state index in [-0.39, 0.29) is 12.3 Å². The van der Waals surface area contributed by atoms with Crippen LogP contribution in [-0.2, 0) is 24.1 Å². The molecular weight excluding hydrogens is 539 g/mol. The molecule has 3 aromatic heterocycles. The largest absolute Gasteiger partial charge is 0.321 e. The van der Waals surface area contributed by atoms with E-state index in [4.69, 9.17) is 21.7 Å². The summed E-state index contributed by atoms with van der Waals surface area (Å²) >= 11 is 4.16. The lowest BCUT2D eigenvalue weighted by molar-refractivity contribution is -0.118. The van der Waals surface area contributed by atoms with Crippen LogP contribution < -0.4 is 21.4 Å². The fourth-order valence-corrected chi connectivity index (χ4v) is 7.37. The average molecular weight is 564 g/mol. The number of rotatable bonds is 6. The highest BCUT2D eigenvalue weighted by atomic mass is 32.2. The van der Waals surface area contributed by atoms with E-state index in [0.29, 0.717) is 16.0 Å². The molecule has 6 N–H and O–H groups in total. The number of carbonyl (C=O) groups excluding carboxylic acids is 1. The highest BCUT2D eigenvalue weighted by molar-refractivity contribution is 8.14. The predicted molar refractivity (Wildman–Crippen MR) is 156 cm³/mol. The normalized spacial score (nSPS) is 13.7. The van der Waals surface area contributed by atoms with Gasteiger partial charge < -0.3 is 5.84 Å². The molecule has 2 aromatic carbocycles. The number of nitrogens with two attached hydrogens (primary N) is 2. The third-order valence-corrected chi connectivity index (χ3v) is 9.23. The number of anilines is 1. The van der Waals surface area contributed by atoms with Crippen LogP contribution in [0.4, 0.5) is 5.69 Å². The van der Waals surface area contributed by atoms with Gasteiger partial charge in [0, 0.05) is 10.3 Å². The van der Waals surface area contributed by atoms with Crippen LogP contribution in [-0.4, -0.2) is 30.2 Å². The maximum absolute atomic E-state index is 12.8. The number of thiophene rings is 1. The molecule has 0 saturated carbocycles. The number of nitrogens with one attached hydrogen (secondary N) is 2. The van der Waals surface area contributed by atoms with Crippen LogP contribution in [0.15, 0.2) is 64.7 Å². The van der Waals surface area contributed by atoms with Gasteiger partial charge in [-0.05, 0) is 67.3 Å². The summed E-state index contributed by atoms with van der Waals surface area (Å²) in [5.41, 5.74) is 4.07. The van der Waals surface area contributed by atoms with Crippen molar-refractivity contribution in [1.29, 1.82) is 0 Å². The van der Waals surface area contributed by atoms with E-state index in [1.165, 1.54) is 39.3 Å². The quantitative estimate of drug-likeness (QED) is 0.0455.